The van der Waals surface area contributed by atoms with Crippen molar-refractivity contribution in [1.29, 1.82) is 0 Å². The molecule has 0 aliphatic carbocycles. The van der Waals surface area contributed by atoms with Gasteiger partial charge in [0.15, 0.2) is 0 Å². The van der Waals surface area contributed by atoms with Gasteiger partial charge in [0.1, 0.15) is 16.3 Å². The summed E-state index contributed by atoms with van der Waals surface area (Å²) >= 11 is 12.4. The van der Waals surface area contributed by atoms with E-state index in [0.717, 1.165) is 0 Å². The maximum atomic E-state index is 13.4. The fourth-order valence-corrected chi connectivity index (χ4v) is 5.05. The van der Waals surface area contributed by atoms with E-state index in [2.05, 4.69) is 15.5 Å². The van der Waals surface area contributed by atoms with E-state index < -0.39 is 26.7 Å². The van der Waals surface area contributed by atoms with Crippen molar-refractivity contribution in [2.75, 3.05) is 11.9 Å². The molecular formula is C26H20Cl2N3NaO6S. The van der Waals surface area contributed by atoms with Gasteiger partial charge >= 0.3 is 29.6 Å². The van der Waals surface area contributed by atoms with E-state index in [9.17, 15) is 22.9 Å². The van der Waals surface area contributed by atoms with Crippen LogP contribution in [0.25, 0.3) is 10.8 Å². The molecule has 196 valence electrons. The summed E-state index contributed by atoms with van der Waals surface area (Å²) < 4.78 is 38.3. The summed E-state index contributed by atoms with van der Waals surface area (Å²) in [5.74, 6) is -0.947. The van der Waals surface area contributed by atoms with Crippen molar-refractivity contribution in [3.8, 4) is 11.5 Å². The second kappa shape index (κ2) is 12.6. The van der Waals surface area contributed by atoms with Gasteiger partial charge in [0.25, 0.3) is 16.0 Å². The minimum atomic E-state index is -4.63. The van der Waals surface area contributed by atoms with Gasteiger partial charge in [0.2, 0.25) is 0 Å². The van der Waals surface area contributed by atoms with Crippen LogP contribution in [0.15, 0.2) is 75.8 Å². The number of hydrogen-bond acceptors (Lipinski definition) is 7. The number of hydrogen-bond donors (Lipinski definition) is 2. The molecule has 1 amide bonds. The van der Waals surface area contributed by atoms with E-state index in [1.54, 1.807) is 43.3 Å². The van der Waals surface area contributed by atoms with Crippen LogP contribution in [0.1, 0.15) is 22.8 Å². The van der Waals surface area contributed by atoms with Crippen molar-refractivity contribution in [2.24, 2.45) is 10.2 Å². The molecule has 0 saturated carbocycles. The number of nitrogens with zero attached hydrogens (tertiary/aromatic N) is 2. The van der Waals surface area contributed by atoms with Gasteiger partial charge in [0, 0.05) is 16.6 Å². The molecule has 9 nitrogen and oxygen atoms in total. The van der Waals surface area contributed by atoms with Crippen LogP contribution >= 0.6 is 23.2 Å². The second-order valence-corrected chi connectivity index (χ2v) is 10.3. The Bertz CT molecular complexity index is 1710. The van der Waals surface area contributed by atoms with Gasteiger partial charge < -0.3 is 15.2 Å². The van der Waals surface area contributed by atoms with E-state index >= 15 is 0 Å². The van der Waals surface area contributed by atoms with E-state index in [1.807, 2.05) is 6.92 Å². The topological polar surface area (TPSA) is 140 Å². The molecule has 39 heavy (non-hydrogen) atoms. The zero-order chi connectivity index (χ0) is 27.6. The fourth-order valence-electron chi connectivity index (χ4n) is 3.71. The van der Waals surface area contributed by atoms with Crippen LogP contribution in [0, 0.1) is 6.92 Å². The molecule has 0 fully saturated rings. The molecule has 4 aromatic rings. The molecule has 0 radical (unpaired) electrons. The van der Waals surface area contributed by atoms with Gasteiger partial charge in [-0.3, -0.25) is 9.35 Å². The Morgan fingerprint density at radius 3 is 2.46 bits per heavy atom. The molecule has 0 unspecified atom stereocenters. The number of azo groups is 1. The minimum Gasteiger partial charge on any atom is -0.870 e. The van der Waals surface area contributed by atoms with Crippen LogP contribution in [-0.4, -0.2) is 25.5 Å². The van der Waals surface area contributed by atoms with Crippen LogP contribution in [0.4, 0.5) is 17.1 Å². The Balaban J connectivity index is 0.00000420. The number of nitrogens with one attached hydrogen (secondary N) is 1. The third kappa shape index (κ3) is 6.90. The third-order valence-corrected chi connectivity index (χ3v) is 7.09. The standard InChI is InChI=1S/C26H21Cl2N3O6S.Na/c1-3-37-21-9-8-16(13-19(21)27)29-26(33)18-12-15-6-4-5-7-17(15)24(25(18)32)31-30-20-10-14(2)11-22(23(20)28)38(34,35)36;/h4-13,32H,3H2,1-2H3,(H,29,33)(H,34,35,36);/q;+1/p-1. The molecule has 13 heteroatoms. The van der Waals surface area contributed by atoms with Crippen LogP contribution in [0.5, 0.6) is 11.5 Å². The molecule has 0 aliphatic rings. The summed E-state index contributed by atoms with van der Waals surface area (Å²) in [6, 6.07) is 15.5. The van der Waals surface area contributed by atoms with Gasteiger partial charge in [0.05, 0.1) is 22.3 Å². The molecule has 0 atom stereocenters. The average molecular weight is 596 g/mol. The third-order valence-electron chi connectivity index (χ3n) is 5.41. The van der Waals surface area contributed by atoms with Crippen molar-refractivity contribution in [3.05, 3.63) is 81.8 Å². The monoisotopic (exact) mass is 595 g/mol. The Labute approximate surface area is 256 Å². The number of ether oxygens (including phenoxy) is 1. The summed E-state index contributed by atoms with van der Waals surface area (Å²) in [5, 5.41) is 25.0. The van der Waals surface area contributed by atoms with Gasteiger partial charge in [-0.1, -0.05) is 53.2 Å². The maximum Gasteiger partial charge on any atom is 1.00 e. The zero-order valence-electron chi connectivity index (χ0n) is 21.0. The predicted octanol–water partition coefficient (Wildman–Crippen LogP) is 3.85. The Morgan fingerprint density at radius 1 is 1.08 bits per heavy atom. The van der Waals surface area contributed by atoms with E-state index in [0.29, 0.717) is 39.4 Å². The van der Waals surface area contributed by atoms with E-state index in [1.165, 1.54) is 24.3 Å². The maximum absolute atomic E-state index is 13.4. The van der Waals surface area contributed by atoms with Gasteiger partial charge in [-0.25, -0.2) is 0 Å². The normalized spacial score (nSPS) is 11.4. The number of fused-ring (bicyclic) bond motifs is 1. The number of halogens is 2. The van der Waals surface area contributed by atoms with Crippen molar-refractivity contribution < 1.29 is 57.2 Å². The van der Waals surface area contributed by atoms with Crippen LogP contribution in [0.2, 0.25) is 10.0 Å². The van der Waals surface area contributed by atoms with Gasteiger partial charge in [-0.2, -0.15) is 13.5 Å². The molecule has 0 bridgehead atoms. The molecule has 2 N–H and O–H groups in total. The summed E-state index contributed by atoms with van der Waals surface area (Å²) in [6.45, 7) is 3.82. The SMILES string of the molecule is CCOc1ccc(NC(=O)c2cc3ccccc3c(N=Nc3cc(C)cc(S(=O)(=O)O)c3Cl)c2[O-])cc1Cl.[Na+]. The van der Waals surface area contributed by atoms with E-state index in [-0.39, 0.29) is 51.5 Å². The first-order valence-electron chi connectivity index (χ1n) is 11.2. The molecule has 0 spiro atoms. The van der Waals surface area contributed by atoms with Crippen molar-refractivity contribution >= 4 is 67.1 Å². The van der Waals surface area contributed by atoms with E-state index in [4.69, 9.17) is 27.9 Å². The van der Waals surface area contributed by atoms with Crippen LogP contribution in [0.3, 0.4) is 0 Å². The molecule has 0 saturated heterocycles. The molecule has 0 aromatic heterocycles. The number of carbonyl (C=O) groups is 1. The Kier molecular flexibility index (Phi) is 10.0. The first-order chi connectivity index (χ1) is 18.0. The van der Waals surface area contributed by atoms with Crippen molar-refractivity contribution in [1.82, 2.24) is 0 Å². The smallest absolute Gasteiger partial charge is 0.870 e. The summed E-state index contributed by atoms with van der Waals surface area (Å²) in [4.78, 5) is 12.6. The first-order valence-corrected chi connectivity index (χ1v) is 13.3. The van der Waals surface area contributed by atoms with Crippen molar-refractivity contribution in [2.45, 2.75) is 18.7 Å². The summed E-state index contributed by atoms with van der Waals surface area (Å²) in [7, 11) is -4.63. The molecule has 0 aliphatic heterocycles. The number of carbonyl (C=O) groups excluding carboxylic acids is 1. The first kappa shape index (κ1) is 30.8. The van der Waals surface area contributed by atoms with Crippen LogP contribution in [-0.2, 0) is 10.1 Å². The van der Waals surface area contributed by atoms with Gasteiger partial charge in [-0.05, 0) is 61.2 Å². The number of anilines is 1. The number of amides is 1. The molecule has 4 rings (SSSR count). The molecule has 4 aromatic carbocycles. The minimum absolute atomic E-state index is 0. The summed E-state index contributed by atoms with van der Waals surface area (Å²) in [5.41, 5.74) is 0.357. The van der Waals surface area contributed by atoms with Gasteiger partial charge in [-0.15, -0.1) is 5.11 Å². The zero-order valence-corrected chi connectivity index (χ0v) is 25.4. The Morgan fingerprint density at radius 2 is 1.79 bits per heavy atom. The predicted molar refractivity (Wildman–Crippen MR) is 144 cm³/mol. The average Bonchev–Trinajstić information content (AvgIpc) is 2.85. The quantitative estimate of drug-likeness (QED) is 0.189. The largest absolute Gasteiger partial charge is 1.00 e. The number of rotatable bonds is 7. The van der Waals surface area contributed by atoms with Crippen molar-refractivity contribution in [3.63, 3.8) is 0 Å². The number of aryl methyl sites for hydroxylation is 1. The molecular weight excluding hydrogens is 576 g/mol. The molecule has 0 heterocycles. The van der Waals surface area contributed by atoms with Crippen LogP contribution < -0.4 is 44.7 Å². The number of benzene rings is 4. The fraction of sp³-hybridized carbons (Fsp3) is 0.115. The second-order valence-electron chi connectivity index (χ2n) is 8.13. The Hall–Kier alpha value is -2.70. The summed E-state index contributed by atoms with van der Waals surface area (Å²) in [6.07, 6.45) is 0.